The Bertz CT molecular complexity index is 330. The third-order valence-electron chi connectivity index (χ3n) is 2.34. The molecule has 0 fully saturated rings. The molecule has 84 valence electrons. The van der Waals surface area contributed by atoms with E-state index in [1.807, 2.05) is 19.0 Å². The highest BCUT2D eigenvalue weighted by molar-refractivity contribution is 6.30. The Kier molecular flexibility index (Phi) is 4.51. The molecule has 1 atom stereocenters. The topological polar surface area (TPSA) is 23.5 Å². The summed E-state index contributed by atoms with van der Waals surface area (Å²) in [6, 6.07) is 4.34. The monoisotopic (exact) mass is 231 g/mol. The zero-order chi connectivity index (χ0) is 11.4. The van der Waals surface area contributed by atoms with Crippen LogP contribution in [0.5, 0.6) is 0 Å². The Morgan fingerprint density at radius 2 is 2.13 bits per heavy atom. The number of aliphatic hydroxyl groups is 1. The fraction of sp³-hybridized carbons (Fsp3) is 0.455. The molecule has 1 aromatic carbocycles. The van der Waals surface area contributed by atoms with Gasteiger partial charge in [0.25, 0.3) is 0 Å². The van der Waals surface area contributed by atoms with Gasteiger partial charge < -0.3 is 10.0 Å². The molecule has 2 nitrogen and oxygen atoms in total. The average molecular weight is 232 g/mol. The molecule has 0 aliphatic heterocycles. The van der Waals surface area contributed by atoms with E-state index in [9.17, 15) is 4.39 Å². The molecule has 0 spiro atoms. The molecular formula is C11H15ClFNO. The molecule has 0 aliphatic rings. The second kappa shape index (κ2) is 5.45. The van der Waals surface area contributed by atoms with Gasteiger partial charge in [-0.2, -0.15) is 0 Å². The zero-order valence-electron chi connectivity index (χ0n) is 8.87. The summed E-state index contributed by atoms with van der Waals surface area (Å²) in [4.78, 5) is 1.87. The predicted octanol–water partition coefficient (Wildman–Crippen LogP) is 2.46. The second-order valence-corrected chi connectivity index (χ2v) is 4.09. The maximum atomic E-state index is 13.5. The molecular weight excluding hydrogens is 217 g/mol. The fourth-order valence-corrected chi connectivity index (χ4v) is 1.76. The Hall–Kier alpha value is -0.640. The van der Waals surface area contributed by atoms with Crippen molar-refractivity contribution in [1.29, 1.82) is 0 Å². The number of nitrogens with zero attached hydrogens (tertiary/aromatic N) is 1. The number of benzene rings is 1. The Balaban J connectivity index is 3.04. The predicted molar refractivity (Wildman–Crippen MR) is 59.5 cm³/mol. The Morgan fingerprint density at radius 1 is 1.47 bits per heavy atom. The lowest BCUT2D eigenvalue weighted by Gasteiger charge is -2.24. The average Bonchev–Trinajstić information content (AvgIpc) is 2.18. The van der Waals surface area contributed by atoms with Gasteiger partial charge in [-0.3, -0.25) is 0 Å². The van der Waals surface area contributed by atoms with Gasteiger partial charge in [0.15, 0.2) is 0 Å². The van der Waals surface area contributed by atoms with Crippen LogP contribution < -0.4 is 0 Å². The summed E-state index contributed by atoms with van der Waals surface area (Å²) in [6.45, 7) is 0.0226. The SMILES string of the molecule is CN(C)C(CCO)c1cc(Cl)ccc1F. The summed E-state index contributed by atoms with van der Waals surface area (Å²) in [5, 5.41) is 9.44. The summed E-state index contributed by atoms with van der Waals surface area (Å²) in [5.74, 6) is -0.286. The first-order valence-corrected chi connectivity index (χ1v) is 5.16. The molecule has 1 unspecified atom stereocenters. The van der Waals surface area contributed by atoms with Crippen LogP contribution in [0.25, 0.3) is 0 Å². The molecule has 0 aromatic heterocycles. The highest BCUT2D eigenvalue weighted by Gasteiger charge is 2.17. The van der Waals surface area contributed by atoms with Gasteiger partial charge in [-0.15, -0.1) is 0 Å². The molecule has 0 heterocycles. The van der Waals surface area contributed by atoms with E-state index < -0.39 is 0 Å². The van der Waals surface area contributed by atoms with Crippen LogP contribution in [0.4, 0.5) is 4.39 Å². The van der Waals surface area contributed by atoms with Crippen molar-refractivity contribution in [3.05, 3.63) is 34.6 Å². The molecule has 0 saturated heterocycles. The van der Waals surface area contributed by atoms with Crippen molar-refractivity contribution in [2.45, 2.75) is 12.5 Å². The number of hydrogen-bond donors (Lipinski definition) is 1. The minimum atomic E-state index is -0.286. The van der Waals surface area contributed by atoms with E-state index in [-0.39, 0.29) is 18.5 Å². The van der Waals surface area contributed by atoms with Crippen molar-refractivity contribution in [3.8, 4) is 0 Å². The van der Waals surface area contributed by atoms with Gasteiger partial charge in [0.2, 0.25) is 0 Å². The Morgan fingerprint density at radius 3 is 2.67 bits per heavy atom. The van der Waals surface area contributed by atoms with Gasteiger partial charge in [-0.1, -0.05) is 11.6 Å². The molecule has 1 N–H and O–H groups in total. The van der Waals surface area contributed by atoms with Crippen molar-refractivity contribution in [2.75, 3.05) is 20.7 Å². The van der Waals surface area contributed by atoms with Crippen molar-refractivity contribution in [1.82, 2.24) is 4.90 Å². The van der Waals surface area contributed by atoms with Gasteiger partial charge in [-0.05, 0) is 38.7 Å². The quantitative estimate of drug-likeness (QED) is 0.861. The normalized spacial score (nSPS) is 13.2. The lowest BCUT2D eigenvalue weighted by Crippen LogP contribution is -2.22. The summed E-state index contributed by atoms with van der Waals surface area (Å²) in [5.41, 5.74) is 0.529. The van der Waals surface area contributed by atoms with Crippen molar-refractivity contribution in [3.63, 3.8) is 0 Å². The van der Waals surface area contributed by atoms with Crippen molar-refractivity contribution < 1.29 is 9.50 Å². The molecule has 0 amide bonds. The van der Waals surface area contributed by atoms with Crippen LogP contribution in [0.3, 0.4) is 0 Å². The summed E-state index contributed by atoms with van der Waals surface area (Å²) in [7, 11) is 3.70. The van der Waals surface area contributed by atoms with Gasteiger partial charge in [0.05, 0.1) is 0 Å². The molecule has 0 radical (unpaired) electrons. The van der Waals surface area contributed by atoms with Gasteiger partial charge in [-0.25, -0.2) is 4.39 Å². The van der Waals surface area contributed by atoms with E-state index in [0.717, 1.165) is 0 Å². The second-order valence-electron chi connectivity index (χ2n) is 3.66. The highest BCUT2D eigenvalue weighted by Crippen LogP contribution is 2.26. The van der Waals surface area contributed by atoms with Gasteiger partial charge >= 0.3 is 0 Å². The number of halogens is 2. The standard InChI is InChI=1S/C11H15ClFNO/c1-14(2)11(5-6-15)9-7-8(12)3-4-10(9)13/h3-4,7,11,15H,5-6H2,1-2H3. The van der Waals surface area contributed by atoms with E-state index in [1.165, 1.54) is 12.1 Å². The minimum Gasteiger partial charge on any atom is -0.396 e. The van der Waals surface area contributed by atoms with E-state index in [4.69, 9.17) is 16.7 Å². The lowest BCUT2D eigenvalue weighted by atomic mass is 10.0. The van der Waals surface area contributed by atoms with Crippen LogP contribution in [0.1, 0.15) is 18.0 Å². The molecule has 0 saturated carbocycles. The van der Waals surface area contributed by atoms with Gasteiger partial charge in [0, 0.05) is 23.2 Å². The first kappa shape index (κ1) is 12.4. The van der Waals surface area contributed by atoms with Crippen molar-refractivity contribution >= 4 is 11.6 Å². The lowest BCUT2D eigenvalue weighted by molar-refractivity contribution is 0.207. The third kappa shape index (κ3) is 3.16. The third-order valence-corrected chi connectivity index (χ3v) is 2.58. The molecule has 15 heavy (non-hydrogen) atoms. The first-order chi connectivity index (χ1) is 7.06. The number of aliphatic hydroxyl groups excluding tert-OH is 1. The summed E-state index contributed by atoms with van der Waals surface area (Å²) < 4.78 is 13.5. The van der Waals surface area contributed by atoms with Crippen LogP contribution in [0.15, 0.2) is 18.2 Å². The zero-order valence-corrected chi connectivity index (χ0v) is 9.63. The maximum Gasteiger partial charge on any atom is 0.128 e. The molecule has 4 heteroatoms. The molecule has 0 aliphatic carbocycles. The van der Waals surface area contributed by atoms with Crippen LogP contribution >= 0.6 is 11.6 Å². The van der Waals surface area contributed by atoms with Crippen molar-refractivity contribution in [2.24, 2.45) is 0 Å². The summed E-state index contributed by atoms with van der Waals surface area (Å²) >= 11 is 5.82. The Labute approximate surface area is 94.3 Å². The molecule has 1 aromatic rings. The first-order valence-electron chi connectivity index (χ1n) is 4.78. The van der Waals surface area contributed by atoms with Crippen LogP contribution in [-0.4, -0.2) is 30.7 Å². The number of rotatable bonds is 4. The smallest absolute Gasteiger partial charge is 0.128 e. The largest absolute Gasteiger partial charge is 0.396 e. The van der Waals surface area contributed by atoms with Crippen LogP contribution in [-0.2, 0) is 0 Å². The minimum absolute atomic E-state index is 0.0226. The van der Waals surface area contributed by atoms with E-state index in [1.54, 1.807) is 6.07 Å². The molecule has 0 bridgehead atoms. The van der Waals surface area contributed by atoms with Crippen LogP contribution in [0.2, 0.25) is 5.02 Å². The van der Waals surface area contributed by atoms with E-state index >= 15 is 0 Å². The number of hydrogen-bond acceptors (Lipinski definition) is 2. The fourth-order valence-electron chi connectivity index (χ4n) is 1.58. The maximum absolute atomic E-state index is 13.5. The van der Waals surface area contributed by atoms with Crippen LogP contribution in [0, 0.1) is 5.82 Å². The van der Waals surface area contributed by atoms with E-state index in [2.05, 4.69) is 0 Å². The molecule has 1 rings (SSSR count). The van der Waals surface area contributed by atoms with E-state index in [0.29, 0.717) is 17.0 Å². The highest BCUT2D eigenvalue weighted by atomic mass is 35.5. The summed E-state index contributed by atoms with van der Waals surface area (Å²) in [6.07, 6.45) is 0.490. The van der Waals surface area contributed by atoms with Gasteiger partial charge in [0.1, 0.15) is 5.82 Å².